The van der Waals surface area contributed by atoms with Gasteiger partial charge in [0, 0.05) is 11.3 Å². The Kier molecular flexibility index (Phi) is 3.95. The van der Waals surface area contributed by atoms with Crippen LogP contribution in [0.3, 0.4) is 0 Å². The zero-order valence-electron chi connectivity index (χ0n) is 10.4. The van der Waals surface area contributed by atoms with Crippen LogP contribution in [-0.2, 0) is 0 Å². The van der Waals surface area contributed by atoms with Gasteiger partial charge >= 0.3 is 6.03 Å². The molecule has 0 atom stereocenters. The van der Waals surface area contributed by atoms with Crippen LogP contribution < -0.4 is 16.4 Å². The van der Waals surface area contributed by atoms with Gasteiger partial charge in [0.2, 0.25) is 0 Å². The van der Waals surface area contributed by atoms with Crippen LogP contribution in [0.4, 0.5) is 20.6 Å². The average molecular weight is 273 g/mol. The summed E-state index contributed by atoms with van der Waals surface area (Å²) < 4.78 is 13.3. The monoisotopic (exact) mass is 273 g/mol. The number of nitrogens with one attached hydrogen (secondary N) is 2. The molecule has 0 heterocycles. The predicted molar refractivity (Wildman–Crippen MR) is 73.7 cm³/mol. The van der Waals surface area contributed by atoms with Gasteiger partial charge in [-0.3, -0.25) is 10.1 Å². The Balaban J connectivity index is 2.00. The highest BCUT2D eigenvalue weighted by molar-refractivity contribution is 6.08. The maximum absolute atomic E-state index is 13.3. The van der Waals surface area contributed by atoms with E-state index in [1.807, 2.05) is 0 Å². The van der Waals surface area contributed by atoms with Crippen LogP contribution in [-0.4, -0.2) is 11.9 Å². The number of nitrogens with two attached hydrogens (primary N) is 1. The van der Waals surface area contributed by atoms with E-state index in [0.29, 0.717) is 5.69 Å². The van der Waals surface area contributed by atoms with Gasteiger partial charge in [-0.25, -0.2) is 9.18 Å². The highest BCUT2D eigenvalue weighted by Gasteiger charge is 2.11. The minimum Gasteiger partial charge on any atom is -0.399 e. The number of urea groups is 1. The number of anilines is 2. The Labute approximate surface area is 114 Å². The second-order valence-electron chi connectivity index (χ2n) is 4.01. The highest BCUT2D eigenvalue weighted by atomic mass is 19.1. The number of hydrogen-bond donors (Lipinski definition) is 3. The van der Waals surface area contributed by atoms with E-state index in [2.05, 4.69) is 10.6 Å². The van der Waals surface area contributed by atoms with E-state index in [1.165, 1.54) is 30.3 Å². The number of rotatable bonds is 2. The van der Waals surface area contributed by atoms with Crippen molar-refractivity contribution >= 4 is 23.3 Å². The molecule has 0 bridgehead atoms. The van der Waals surface area contributed by atoms with Crippen molar-refractivity contribution in [3.05, 3.63) is 59.9 Å². The second-order valence-corrected chi connectivity index (χ2v) is 4.01. The molecule has 0 saturated heterocycles. The van der Waals surface area contributed by atoms with Gasteiger partial charge in [-0.1, -0.05) is 12.1 Å². The summed E-state index contributed by atoms with van der Waals surface area (Å²) in [6, 6.07) is 10.9. The third-order valence-electron chi connectivity index (χ3n) is 2.52. The van der Waals surface area contributed by atoms with Crippen LogP contribution >= 0.6 is 0 Å². The molecule has 2 aromatic rings. The smallest absolute Gasteiger partial charge is 0.326 e. The molecule has 5 nitrogen and oxygen atoms in total. The van der Waals surface area contributed by atoms with Crippen molar-refractivity contribution < 1.29 is 14.0 Å². The normalized spacial score (nSPS) is 9.85. The Morgan fingerprint density at radius 1 is 1.00 bits per heavy atom. The zero-order valence-corrected chi connectivity index (χ0v) is 10.4. The Bertz CT molecular complexity index is 641. The van der Waals surface area contributed by atoms with E-state index < -0.39 is 17.8 Å². The average Bonchev–Trinajstić information content (AvgIpc) is 2.42. The molecule has 0 fully saturated rings. The minimum atomic E-state index is -0.808. The molecule has 0 aliphatic rings. The summed E-state index contributed by atoms with van der Waals surface area (Å²) in [6.07, 6.45) is 0. The van der Waals surface area contributed by atoms with Gasteiger partial charge in [-0.05, 0) is 36.4 Å². The SMILES string of the molecule is Nc1ccc(C(=O)NC(=O)Nc2ccccc2F)cc1. The summed E-state index contributed by atoms with van der Waals surface area (Å²) in [5, 5.41) is 4.35. The number of nitrogen functional groups attached to an aromatic ring is 1. The van der Waals surface area contributed by atoms with Crippen molar-refractivity contribution in [2.45, 2.75) is 0 Å². The van der Waals surface area contributed by atoms with Crippen molar-refractivity contribution in [2.24, 2.45) is 0 Å². The van der Waals surface area contributed by atoms with Gasteiger partial charge in [-0.15, -0.1) is 0 Å². The van der Waals surface area contributed by atoms with Crippen LogP contribution in [0, 0.1) is 5.82 Å². The summed E-state index contributed by atoms with van der Waals surface area (Å²) in [5.74, 6) is -1.18. The molecule has 0 saturated carbocycles. The number of hydrogen-bond acceptors (Lipinski definition) is 3. The van der Waals surface area contributed by atoms with E-state index in [-0.39, 0.29) is 11.3 Å². The summed E-state index contributed by atoms with van der Waals surface area (Å²) in [7, 11) is 0. The van der Waals surface area contributed by atoms with Crippen molar-refractivity contribution in [3.8, 4) is 0 Å². The largest absolute Gasteiger partial charge is 0.399 e. The first-order chi connectivity index (χ1) is 9.56. The molecular weight excluding hydrogens is 261 g/mol. The fraction of sp³-hybridized carbons (Fsp3) is 0. The summed E-state index contributed by atoms with van der Waals surface area (Å²) >= 11 is 0. The molecule has 0 aliphatic carbocycles. The fourth-order valence-electron chi connectivity index (χ4n) is 1.53. The predicted octanol–water partition coefficient (Wildman–Crippen LogP) is 2.37. The highest BCUT2D eigenvalue weighted by Crippen LogP contribution is 2.12. The molecule has 6 heteroatoms. The van der Waals surface area contributed by atoms with Gasteiger partial charge in [0.15, 0.2) is 0 Å². The molecule has 0 radical (unpaired) electrons. The van der Waals surface area contributed by atoms with E-state index in [0.717, 1.165) is 0 Å². The number of para-hydroxylation sites is 1. The van der Waals surface area contributed by atoms with Crippen molar-refractivity contribution in [1.82, 2.24) is 5.32 Å². The topological polar surface area (TPSA) is 84.2 Å². The first-order valence-electron chi connectivity index (χ1n) is 5.78. The quantitative estimate of drug-likeness (QED) is 0.734. The molecule has 102 valence electrons. The molecule has 20 heavy (non-hydrogen) atoms. The number of imide groups is 1. The summed E-state index contributed by atoms with van der Waals surface area (Å²) in [4.78, 5) is 23.3. The lowest BCUT2D eigenvalue weighted by atomic mass is 10.2. The fourth-order valence-corrected chi connectivity index (χ4v) is 1.53. The first kappa shape index (κ1) is 13.5. The molecule has 0 unspecified atom stereocenters. The molecular formula is C14H12FN3O2. The lowest BCUT2D eigenvalue weighted by molar-refractivity contribution is 0.0967. The van der Waals surface area contributed by atoms with Gasteiger partial charge in [0.1, 0.15) is 5.82 Å². The summed E-state index contributed by atoms with van der Waals surface area (Å²) in [5.41, 5.74) is 6.28. The Hall–Kier alpha value is -2.89. The number of amides is 3. The summed E-state index contributed by atoms with van der Waals surface area (Å²) in [6.45, 7) is 0. The van der Waals surface area contributed by atoms with Crippen LogP contribution in [0.25, 0.3) is 0 Å². The maximum Gasteiger partial charge on any atom is 0.326 e. The first-order valence-corrected chi connectivity index (χ1v) is 5.78. The van der Waals surface area contributed by atoms with Gasteiger partial charge in [0.05, 0.1) is 5.69 Å². The standard InChI is InChI=1S/C14H12FN3O2/c15-11-3-1-2-4-12(11)17-14(20)18-13(19)9-5-7-10(16)8-6-9/h1-8H,16H2,(H2,17,18,19,20). The molecule has 0 aromatic heterocycles. The number of halogens is 1. The van der Waals surface area contributed by atoms with E-state index in [9.17, 15) is 14.0 Å². The van der Waals surface area contributed by atoms with E-state index in [1.54, 1.807) is 18.2 Å². The van der Waals surface area contributed by atoms with Gasteiger partial charge < -0.3 is 11.1 Å². The van der Waals surface area contributed by atoms with Gasteiger partial charge in [-0.2, -0.15) is 0 Å². The Morgan fingerprint density at radius 2 is 1.65 bits per heavy atom. The zero-order chi connectivity index (χ0) is 14.5. The lowest BCUT2D eigenvalue weighted by Gasteiger charge is -2.07. The van der Waals surface area contributed by atoms with E-state index in [4.69, 9.17) is 5.73 Å². The number of benzene rings is 2. The van der Waals surface area contributed by atoms with Crippen LogP contribution in [0.1, 0.15) is 10.4 Å². The van der Waals surface area contributed by atoms with Crippen LogP contribution in [0.15, 0.2) is 48.5 Å². The third-order valence-corrected chi connectivity index (χ3v) is 2.52. The third kappa shape index (κ3) is 3.32. The van der Waals surface area contributed by atoms with Crippen LogP contribution in [0.2, 0.25) is 0 Å². The molecule has 0 aliphatic heterocycles. The van der Waals surface area contributed by atoms with E-state index >= 15 is 0 Å². The van der Waals surface area contributed by atoms with Crippen LogP contribution in [0.5, 0.6) is 0 Å². The van der Waals surface area contributed by atoms with Gasteiger partial charge in [0.25, 0.3) is 5.91 Å². The molecule has 4 N–H and O–H groups in total. The molecule has 2 rings (SSSR count). The van der Waals surface area contributed by atoms with Crippen molar-refractivity contribution in [2.75, 3.05) is 11.1 Å². The van der Waals surface area contributed by atoms with Crippen molar-refractivity contribution in [1.29, 1.82) is 0 Å². The lowest BCUT2D eigenvalue weighted by Crippen LogP contribution is -2.34. The second kappa shape index (κ2) is 5.83. The number of carbonyl (C=O) groups is 2. The molecule has 2 aromatic carbocycles. The maximum atomic E-state index is 13.3. The van der Waals surface area contributed by atoms with Crippen molar-refractivity contribution in [3.63, 3.8) is 0 Å². The number of carbonyl (C=O) groups excluding carboxylic acids is 2. The minimum absolute atomic E-state index is 0.00453. The molecule has 0 spiro atoms. The molecule has 3 amide bonds. The Morgan fingerprint density at radius 3 is 2.30 bits per heavy atom.